The van der Waals surface area contributed by atoms with Crippen molar-refractivity contribution in [1.29, 1.82) is 5.26 Å². The number of pyridine rings is 1. The lowest BCUT2D eigenvalue weighted by Crippen LogP contribution is -2.47. The second-order valence-electron chi connectivity index (χ2n) is 14.1. The number of rotatable bonds is 11. The monoisotopic (exact) mass is 710 g/mol. The minimum Gasteiger partial charge on any atom is -0.481 e. The fourth-order valence-corrected chi connectivity index (χ4v) is 10.0. The highest BCUT2D eigenvalue weighted by Crippen LogP contribution is 2.49. The van der Waals surface area contributed by atoms with Crippen LogP contribution in [0.25, 0.3) is 5.57 Å². The van der Waals surface area contributed by atoms with Crippen molar-refractivity contribution >= 4 is 34.9 Å². The summed E-state index contributed by atoms with van der Waals surface area (Å²) in [6.45, 7) is 6.19. The first-order chi connectivity index (χ1) is 24.3. The quantitative estimate of drug-likeness (QED) is 0.209. The predicted octanol–water partition coefficient (Wildman–Crippen LogP) is 6.75. The molecular formula is C40H43ClN4O4S. The number of carboxylic acids is 1. The van der Waals surface area contributed by atoms with E-state index < -0.39 is 11.4 Å². The number of aromatic nitrogens is 1. The highest BCUT2D eigenvalue weighted by molar-refractivity contribution is 7.99. The van der Waals surface area contributed by atoms with Crippen LogP contribution in [0.1, 0.15) is 59.3 Å². The Morgan fingerprint density at radius 2 is 1.98 bits per heavy atom. The summed E-state index contributed by atoms with van der Waals surface area (Å²) < 4.78 is 5.90. The summed E-state index contributed by atoms with van der Waals surface area (Å²) in [6, 6.07) is 19.1. The molecule has 0 spiro atoms. The lowest BCUT2D eigenvalue weighted by atomic mass is 9.67. The minimum absolute atomic E-state index is 0.00894. The van der Waals surface area contributed by atoms with E-state index in [1.165, 1.54) is 0 Å². The number of carbonyl (C=O) groups is 1. The van der Waals surface area contributed by atoms with Crippen molar-refractivity contribution in [2.24, 2.45) is 17.8 Å². The number of carboxylic acid groups (broad SMARTS) is 1. The predicted molar refractivity (Wildman–Crippen MR) is 196 cm³/mol. The van der Waals surface area contributed by atoms with Crippen LogP contribution in [0.5, 0.6) is 5.88 Å². The molecule has 2 aliphatic heterocycles. The van der Waals surface area contributed by atoms with Gasteiger partial charge in [-0.1, -0.05) is 67.1 Å². The molecule has 0 saturated carbocycles. The van der Waals surface area contributed by atoms with Gasteiger partial charge in [0.05, 0.1) is 24.3 Å². The third-order valence-electron chi connectivity index (χ3n) is 11.3. The van der Waals surface area contributed by atoms with Gasteiger partial charge in [0.25, 0.3) is 0 Å². The molecule has 0 amide bonds. The molecule has 2 aliphatic carbocycles. The summed E-state index contributed by atoms with van der Waals surface area (Å²) in [5, 5.41) is 30.3. The number of thioether (sulfide) groups is 1. The molecule has 7 rings (SSSR count). The fourth-order valence-electron chi connectivity index (χ4n) is 8.40. The molecule has 3 aromatic rings. The Bertz CT molecular complexity index is 1890. The average molecular weight is 711 g/mol. The molecule has 4 atom stereocenters. The van der Waals surface area contributed by atoms with Crippen molar-refractivity contribution in [3.8, 4) is 11.9 Å². The van der Waals surface area contributed by atoms with Crippen LogP contribution >= 0.6 is 23.4 Å². The van der Waals surface area contributed by atoms with Crippen LogP contribution < -0.4 is 4.74 Å². The van der Waals surface area contributed by atoms with Crippen molar-refractivity contribution < 1.29 is 19.7 Å². The number of nitrogens with zero attached hydrogens (tertiary/aromatic N) is 4. The van der Waals surface area contributed by atoms with Crippen molar-refractivity contribution in [2.75, 3.05) is 45.6 Å². The molecule has 0 bridgehead atoms. The van der Waals surface area contributed by atoms with E-state index in [0.717, 1.165) is 76.5 Å². The molecule has 260 valence electrons. The fraction of sp³-hybridized carbons (Fsp3) is 0.425. The zero-order chi connectivity index (χ0) is 35.0. The highest BCUT2D eigenvalue weighted by atomic mass is 35.5. The van der Waals surface area contributed by atoms with Gasteiger partial charge in [0.1, 0.15) is 6.07 Å². The first-order valence-corrected chi connectivity index (χ1v) is 18.8. The number of halogens is 1. The number of methoxy groups -OCH3 is 1. The van der Waals surface area contributed by atoms with Gasteiger partial charge in [0.2, 0.25) is 5.88 Å². The second kappa shape index (κ2) is 14.5. The number of aliphatic hydroxyl groups excluding tert-OH is 1. The number of benzene rings is 2. The third kappa shape index (κ3) is 6.37. The smallest absolute Gasteiger partial charge is 0.307 e. The van der Waals surface area contributed by atoms with E-state index in [9.17, 15) is 20.3 Å². The number of fused-ring (bicyclic) bond motifs is 1. The van der Waals surface area contributed by atoms with E-state index in [1.54, 1.807) is 18.9 Å². The second-order valence-corrected chi connectivity index (χ2v) is 15.5. The van der Waals surface area contributed by atoms with Crippen LogP contribution in [-0.4, -0.2) is 76.6 Å². The van der Waals surface area contributed by atoms with Crippen LogP contribution in [0, 0.1) is 29.1 Å². The van der Waals surface area contributed by atoms with Crippen molar-refractivity contribution in [1.82, 2.24) is 14.8 Å². The van der Waals surface area contributed by atoms with Crippen molar-refractivity contribution in [3.05, 3.63) is 105 Å². The Hall–Kier alpha value is -3.65. The lowest BCUT2D eigenvalue weighted by Gasteiger charge is -2.40. The van der Waals surface area contributed by atoms with Crippen molar-refractivity contribution in [2.45, 2.75) is 49.1 Å². The van der Waals surface area contributed by atoms with E-state index in [1.807, 2.05) is 18.2 Å². The Kier molecular flexibility index (Phi) is 10.1. The summed E-state index contributed by atoms with van der Waals surface area (Å²) in [4.78, 5) is 22.4. The van der Waals surface area contributed by atoms with Gasteiger partial charge >= 0.3 is 5.97 Å². The molecule has 2 unspecified atom stereocenters. The molecular weight excluding hydrogens is 668 g/mol. The van der Waals surface area contributed by atoms with E-state index in [4.69, 9.17) is 21.3 Å². The van der Waals surface area contributed by atoms with Crippen LogP contribution in [0.4, 0.5) is 0 Å². The van der Waals surface area contributed by atoms with Gasteiger partial charge in [-0.25, -0.2) is 4.98 Å². The number of allylic oxidation sites excluding steroid dienone is 4. The standard InChI is InChI=1S/C40H43ClN4O4S/c1-25-29(31-6-3-4-8-34(31)41)7-5-16-40(25,37-14-9-27(38(43-37)49-2)21-44-19-26(20-44)23-46)24-50-36-13-11-32-30(33(36)18-42)10-12-35(32)45-17-15-28(22-45)39(47)48/h3-9,11,13-14,16,25-26,28,35,46H,10,12,15,17,19-24H2,1-2H3,(H,47,48)/t25?,28-,35-,40?/m1/s1. The van der Waals surface area contributed by atoms with Crippen LogP contribution in [0.2, 0.25) is 5.02 Å². The van der Waals surface area contributed by atoms with Crippen LogP contribution in [-0.2, 0) is 23.2 Å². The van der Waals surface area contributed by atoms with Gasteiger partial charge in [-0.3, -0.25) is 14.6 Å². The van der Waals surface area contributed by atoms with Crippen LogP contribution in [0.3, 0.4) is 0 Å². The summed E-state index contributed by atoms with van der Waals surface area (Å²) in [6.07, 6.45) is 8.87. The van der Waals surface area contributed by atoms with Gasteiger partial charge in [-0.05, 0) is 72.2 Å². The number of aliphatic carboxylic acids is 1. The molecule has 2 fully saturated rings. The van der Waals surface area contributed by atoms with Gasteiger partial charge in [0, 0.05) is 71.4 Å². The molecule has 50 heavy (non-hydrogen) atoms. The SMILES string of the molecule is COc1nc(C2(CSc3ccc4c(c3C#N)CC[C@H]4N3CC[C@@H](C(=O)O)C3)C=CC=C(c3ccccc3Cl)C2C)ccc1CN1CC(CO)C1. The molecule has 10 heteroatoms. The number of likely N-dealkylation sites (tertiary alicyclic amines) is 2. The minimum atomic E-state index is -0.725. The lowest BCUT2D eigenvalue weighted by molar-refractivity contribution is -0.141. The Morgan fingerprint density at radius 3 is 2.70 bits per heavy atom. The van der Waals surface area contributed by atoms with Crippen LogP contribution in [0.15, 0.2) is 71.7 Å². The summed E-state index contributed by atoms with van der Waals surface area (Å²) in [5.41, 5.74) is 6.46. The normalized spacial score (nSPS) is 25.2. The first kappa shape index (κ1) is 34.8. The molecule has 2 saturated heterocycles. The van der Waals surface area contributed by atoms with Crippen molar-refractivity contribution in [3.63, 3.8) is 0 Å². The number of hydrogen-bond donors (Lipinski definition) is 2. The van der Waals surface area contributed by atoms with Gasteiger partial charge in [-0.2, -0.15) is 5.26 Å². The summed E-state index contributed by atoms with van der Waals surface area (Å²) in [7, 11) is 1.67. The summed E-state index contributed by atoms with van der Waals surface area (Å²) in [5.74, 6) is 0.496. The Morgan fingerprint density at radius 1 is 1.16 bits per heavy atom. The zero-order valence-electron chi connectivity index (χ0n) is 28.5. The summed E-state index contributed by atoms with van der Waals surface area (Å²) >= 11 is 8.46. The van der Waals surface area contributed by atoms with E-state index in [-0.39, 0.29) is 24.5 Å². The number of ether oxygens (including phenoxy) is 1. The largest absolute Gasteiger partial charge is 0.481 e. The molecule has 0 radical (unpaired) electrons. The number of nitriles is 1. The zero-order valence-corrected chi connectivity index (χ0v) is 30.1. The average Bonchev–Trinajstić information content (AvgIpc) is 3.77. The molecule has 4 aliphatic rings. The molecule has 3 heterocycles. The maximum atomic E-state index is 11.6. The maximum absolute atomic E-state index is 11.6. The highest BCUT2D eigenvalue weighted by Gasteiger charge is 2.43. The topological polar surface area (TPSA) is 110 Å². The first-order valence-electron chi connectivity index (χ1n) is 17.4. The van der Waals surface area contributed by atoms with Gasteiger partial charge in [0.15, 0.2) is 0 Å². The van der Waals surface area contributed by atoms with Gasteiger partial charge < -0.3 is 14.9 Å². The number of hydrogen-bond acceptors (Lipinski definition) is 8. The van der Waals surface area contributed by atoms with E-state index in [0.29, 0.717) is 42.1 Å². The Labute approximate surface area is 303 Å². The third-order valence-corrected chi connectivity index (χ3v) is 12.9. The van der Waals surface area contributed by atoms with E-state index >= 15 is 0 Å². The van der Waals surface area contributed by atoms with Gasteiger partial charge in [-0.15, -0.1) is 11.8 Å². The molecule has 2 N–H and O–H groups in total. The maximum Gasteiger partial charge on any atom is 0.307 e. The molecule has 2 aromatic carbocycles. The number of aliphatic hydroxyl groups is 1. The Balaban J connectivity index is 1.21. The molecule has 1 aromatic heterocycles. The molecule has 8 nitrogen and oxygen atoms in total. The van der Waals surface area contributed by atoms with E-state index in [2.05, 4.69) is 71.4 Å².